The normalized spacial score (nSPS) is 14.7. The summed E-state index contributed by atoms with van der Waals surface area (Å²) in [4.78, 5) is 9.04. The highest BCUT2D eigenvalue weighted by Crippen LogP contribution is 2.35. The van der Waals surface area contributed by atoms with Gasteiger partial charge in [0.25, 0.3) is 0 Å². The second-order valence-corrected chi connectivity index (χ2v) is 7.54. The molecule has 2 nitrogen and oxygen atoms in total. The van der Waals surface area contributed by atoms with E-state index in [2.05, 4.69) is 18.7 Å². The molecule has 0 fully saturated rings. The molecule has 0 saturated carbocycles. The third-order valence-electron chi connectivity index (χ3n) is 2.77. The molecule has 0 aliphatic heterocycles. The van der Waals surface area contributed by atoms with Crippen molar-refractivity contribution in [1.29, 1.82) is 0 Å². The molecule has 0 heterocycles. The van der Waals surface area contributed by atoms with Crippen molar-refractivity contribution in [3.63, 3.8) is 0 Å². The van der Waals surface area contributed by atoms with Gasteiger partial charge in [0.15, 0.2) is 7.57 Å². The quantitative estimate of drug-likeness (QED) is 0.327. The predicted molar refractivity (Wildman–Crippen MR) is 80.1 cm³/mol. The SMILES string of the molecule is [B]P(O)(=S)OCCCCCCCCCCCC. The molecular weight excluding hydrogens is 250 g/mol. The molecule has 0 rings (SSSR count). The van der Waals surface area contributed by atoms with Crippen LogP contribution in [0, 0.1) is 0 Å². The van der Waals surface area contributed by atoms with Crippen molar-refractivity contribution in [3.05, 3.63) is 0 Å². The van der Waals surface area contributed by atoms with Crippen molar-refractivity contribution in [2.24, 2.45) is 0 Å². The highest BCUT2D eigenvalue weighted by Gasteiger charge is 2.02. The molecule has 1 unspecified atom stereocenters. The van der Waals surface area contributed by atoms with Crippen LogP contribution in [0.3, 0.4) is 0 Å². The smallest absolute Gasteiger partial charge is 0.200 e. The molecule has 5 heteroatoms. The maximum Gasteiger partial charge on any atom is 0.200 e. The topological polar surface area (TPSA) is 29.5 Å². The Morgan fingerprint density at radius 1 is 0.941 bits per heavy atom. The zero-order chi connectivity index (χ0) is 13.0. The molecule has 1 atom stereocenters. The van der Waals surface area contributed by atoms with E-state index < -0.39 is 6.37 Å². The third-order valence-corrected chi connectivity index (χ3v) is 3.64. The van der Waals surface area contributed by atoms with E-state index in [0.29, 0.717) is 6.61 Å². The van der Waals surface area contributed by atoms with Crippen LogP contribution < -0.4 is 0 Å². The van der Waals surface area contributed by atoms with Gasteiger partial charge in [-0.3, -0.25) is 0 Å². The summed E-state index contributed by atoms with van der Waals surface area (Å²) < 4.78 is 4.96. The van der Waals surface area contributed by atoms with Crippen LogP contribution in [0.2, 0.25) is 0 Å². The molecule has 100 valence electrons. The maximum absolute atomic E-state index is 9.04. The Morgan fingerprint density at radius 3 is 1.76 bits per heavy atom. The Morgan fingerprint density at radius 2 is 1.35 bits per heavy atom. The lowest BCUT2D eigenvalue weighted by molar-refractivity contribution is 0.306. The second-order valence-electron chi connectivity index (χ2n) is 4.58. The zero-order valence-electron chi connectivity index (χ0n) is 11.1. The highest BCUT2D eigenvalue weighted by molar-refractivity contribution is 8.20. The molecule has 2 radical (unpaired) electrons. The zero-order valence-corrected chi connectivity index (χ0v) is 12.8. The van der Waals surface area contributed by atoms with Crippen LogP contribution in [0.15, 0.2) is 0 Å². The lowest BCUT2D eigenvalue weighted by Crippen LogP contribution is -1.92. The van der Waals surface area contributed by atoms with Gasteiger partial charge >= 0.3 is 0 Å². The van der Waals surface area contributed by atoms with E-state index >= 15 is 0 Å². The average molecular weight is 276 g/mol. The van der Waals surface area contributed by atoms with Crippen LogP contribution in [0.4, 0.5) is 0 Å². The minimum absolute atomic E-state index is 0.501. The fourth-order valence-electron chi connectivity index (χ4n) is 1.78. The molecule has 0 bridgehead atoms. The summed E-state index contributed by atoms with van der Waals surface area (Å²) in [6, 6.07) is 0. The van der Waals surface area contributed by atoms with Gasteiger partial charge in [-0.25, -0.2) is 0 Å². The maximum atomic E-state index is 9.04. The Kier molecular flexibility index (Phi) is 12.1. The van der Waals surface area contributed by atoms with Crippen LogP contribution in [-0.4, -0.2) is 19.1 Å². The van der Waals surface area contributed by atoms with Gasteiger partial charge in [-0.05, 0) is 18.2 Å². The van der Waals surface area contributed by atoms with Gasteiger partial charge in [-0.15, -0.1) is 0 Å². The molecule has 1 N–H and O–H groups in total. The van der Waals surface area contributed by atoms with Crippen LogP contribution in [0.1, 0.15) is 71.1 Å². The number of hydrogen-bond donors (Lipinski definition) is 1. The monoisotopic (exact) mass is 276 g/mol. The standard InChI is InChI=1S/C12H26BO2PS/c1-2-3-4-5-6-7-8-9-10-11-12-15-16(13,14)17/h2-12H2,1H3,(H,14,17). The van der Waals surface area contributed by atoms with E-state index in [1.165, 1.54) is 51.4 Å². The minimum Gasteiger partial charge on any atom is -0.353 e. The molecule has 0 amide bonds. The van der Waals surface area contributed by atoms with Crippen LogP contribution >= 0.6 is 6.37 Å². The van der Waals surface area contributed by atoms with Crippen molar-refractivity contribution in [2.75, 3.05) is 6.61 Å². The van der Waals surface area contributed by atoms with Crippen molar-refractivity contribution in [3.8, 4) is 0 Å². The van der Waals surface area contributed by atoms with Crippen molar-refractivity contribution >= 4 is 25.7 Å². The summed E-state index contributed by atoms with van der Waals surface area (Å²) in [5.74, 6) is 0. The third kappa shape index (κ3) is 16.6. The second kappa shape index (κ2) is 11.7. The van der Waals surface area contributed by atoms with Crippen LogP contribution in [0.25, 0.3) is 0 Å². The van der Waals surface area contributed by atoms with E-state index in [1.807, 2.05) is 0 Å². The van der Waals surface area contributed by atoms with Gasteiger partial charge in [0.05, 0.1) is 6.61 Å². The Bertz CT molecular complexity index is 209. The molecule has 0 spiro atoms. The average Bonchev–Trinajstić information content (AvgIpc) is 2.24. The Labute approximate surface area is 113 Å². The summed E-state index contributed by atoms with van der Waals surface area (Å²) >= 11 is 4.58. The fraction of sp³-hybridized carbons (Fsp3) is 1.00. The van der Waals surface area contributed by atoms with Gasteiger partial charge in [0.1, 0.15) is 6.37 Å². The van der Waals surface area contributed by atoms with Gasteiger partial charge in [0, 0.05) is 0 Å². The van der Waals surface area contributed by atoms with Crippen molar-refractivity contribution < 1.29 is 9.42 Å². The number of hydrogen-bond acceptors (Lipinski definition) is 2. The van der Waals surface area contributed by atoms with Gasteiger partial charge < -0.3 is 9.42 Å². The first-order valence-corrected chi connectivity index (χ1v) is 9.56. The first-order chi connectivity index (χ1) is 8.06. The summed E-state index contributed by atoms with van der Waals surface area (Å²) in [6.45, 7) is 2.75. The molecule has 0 aromatic carbocycles. The predicted octanol–water partition coefficient (Wildman–Crippen LogP) is 4.31. The molecule has 0 aliphatic carbocycles. The summed E-state index contributed by atoms with van der Waals surface area (Å²) in [5.41, 5.74) is 0. The number of unbranched alkanes of at least 4 members (excludes halogenated alkanes) is 9. The van der Waals surface area contributed by atoms with Gasteiger partial charge in [-0.1, -0.05) is 64.7 Å². The first kappa shape index (κ1) is 17.6. The molecule has 0 saturated heterocycles. The lowest BCUT2D eigenvalue weighted by Gasteiger charge is -2.10. The van der Waals surface area contributed by atoms with E-state index in [4.69, 9.17) is 17.0 Å². The molecule has 0 aromatic heterocycles. The van der Waals surface area contributed by atoms with Crippen molar-refractivity contribution in [2.45, 2.75) is 71.1 Å². The Balaban J connectivity index is 3.01. The molecule has 0 aromatic rings. The van der Waals surface area contributed by atoms with Crippen molar-refractivity contribution in [1.82, 2.24) is 0 Å². The molecule has 17 heavy (non-hydrogen) atoms. The van der Waals surface area contributed by atoms with Crippen LogP contribution in [0.5, 0.6) is 0 Å². The summed E-state index contributed by atoms with van der Waals surface area (Å²) in [5, 5.41) is 0. The highest BCUT2D eigenvalue weighted by atomic mass is 32.4. The fourth-order valence-corrected chi connectivity index (χ4v) is 2.40. The number of rotatable bonds is 12. The largest absolute Gasteiger partial charge is 0.353 e. The minimum atomic E-state index is -2.91. The first-order valence-electron chi connectivity index (χ1n) is 6.82. The van der Waals surface area contributed by atoms with E-state index in [9.17, 15) is 0 Å². The summed E-state index contributed by atoms with van der Waals surface area (Å²) in [7, 11) is 5.22. The van der Waals surface area contributed by atoms with Gasteiger partial charge in [-0.2, -0.15) is 0 Å². The summed E-state index contributed by atoms with van der Waals surface area (Å²) in [6.07, 6.45) is 9.93. The van der Waals surface area contributed by atoms with Crippen LogP contribution in [-0.2, 0) is 16.3 Å². The van der Waals surface area contributed by atoms with Gasteiger partial charge in [0.2, 0.25) is 0 Å². The Hall–Kier alpha value is 0.635. The molecular formula is C12H26BO2PS. The lowest BCUT2D eigenvalue weighted by atomic mass is 10.1. The van der Waals surface area contributed by atoms with E-state index in [0.717, 1.165) is 12.8 Å². The van der Waals surface area contributed by atoms with E-state index in [-0.39, 0.29) is 0 Å². The molecule has 0 aliphatic rings. The van der Waals surface area contributed by atoms with E-state index in [1.54, 1.807) is 0 Å².